The second kappa shape index (κ2) is 12.5. The highest BCUT2D eigenvalue weighted by atomic mass is 32.1. The van der Waals surface area contributed by atoms with Crippen LogP contribution in [0.5, 0.6) is 5.75 Å². The molecule has 1 aromatic heterocycles. The van der Waals surface area contributed by atoms with E-state index in [2.05, 4.69) is 18.5 Å². The lowest BCUT2D eigenvalue weighted by Gasteiger charge is -2.24. The van der Waals surface area contributed by atoms with E-state index in [1.54, 1.807) is 25.1 Å². The first-order valence-corrected chi connectivity index (χ1v) is 13.4. The number of nitrogens with zero attached hydrogens (tertiary/aromatic N) is 3. The van der Waals surface area contributed by atoms with Crippen molar-refractivity contribution in [3.8, 4) is 5.75 Å². The molecule has 1 aliphatic heterocycles. The van der Waals surface area contributed by atoms with Crippen LogP contribution in [-0.4, -0.2) is 28.7 Å². The standard InChI is InChI=1S/C29H29N3O6S/c1-4-6-7-16-37-23-13-11-21(12-14-23)26-25(28(34)38-15-5-2)19(3)30-29-31(26)27(33)24(39-29)18-20-9-8-10-22(17-20)32(35)36/h5,8-14,17-18,26H,2,4,6-7,15-16H2,1,3H3/b24-18-. The van der Waals surface area contributed by atoms with Crippen molar-refractivity contribution in [3.63, 3.8) is 0 Å². The molecule has 1 unspecified atom stereocenters. The molecule has 0 saturated heterocycles. The van der Waals surface area contributed by atoms with E-state index in [1.165, 1.54) is 22.8 Å². The van der Waals surface area contributed by atoms with Crippen LogP contribution in [0.3, 0.4) is 0 Å². The highest BCUT2D eigenvalue weighted by Gasteiger charge is 2.33. The van der Waals surface area contributed by atoms with Crippen LogP contribution in [0.4, 0.5) is 5.69 Å². The molecule has 0 amide bonds. The third kappa shape index (κ3) is 6.23. The highest BCUT2D eigenvalue weighted by molar-refractivity contribution is 7.07. The summed E-state index contributed by atoms with van der Waals surface area (Å²) in [4.78, 5) is 42.5. The number of allylic oxidation sites excluding steroid dienone is 1. The zero-order valence-electron chi connectivity index (χ0n) is 21.8. The van der Waals surface area contributed by atoms with Gasteiger partial charge >= 0.3 is 5.97 Å². The van der Waals surface area contributed by atoms with Gasteiger partial charge in [0, 0.05) is 12.1 Å². The monoisotopic (exact) mass is 547 g/mol. The zero-order chi connectivity index (χ0) is 27.9. The number of ether oxygens (including phenoxy) is 2. The van der Waals surface area contributed by atoms with Crippen molar-refractivity contribution < 1.29 is 19.2 Å². The molecule has 1 atom stereocenters. The smallest absolute Gasteiger partial charge is 0.338 e. The van der Waals surface area contributed by atoms with Gasteiger partial charge in [-0.05, 0) is 42.7 Å². The number of rotatable bonds is 11. The van der Waals surface area contributed by atoms with Crippen LogP contribution in [0.15, 0.2) is 82.2 Å². The number of carbonyl (C=O) groups excluding carboxylic acids is 1. The van der Waals surface area contributed by atoms with E-state index in [-0.39, 0.29) is 23.4 Å². The molecule has 2 aromatic carbocycles. The van der Waals surface area contributed by atoms with E-state index in [1.807, 2.05) is 24.3 Å². The van der Waals surface area contributed by atoms with Gasteiger partial charge in [-0.25, -0.2) is 9.79 Å². The van der Waals surface area contributed by atoms with Crippen LogP contribution >= 0.6 is 11.3 Å². The molecule has 202 valence electrons. The predicted octanol–water partition coefficient (Wildman–Crippen LogP) is 4.44. The van der Waals surface area contributed by atoms with E-state index in [0.717, 1.165) is 30.6 Å². The zero-order valence-corrected chi connectivity index (χ0v) is 22.6. The van der Waals surface area contributed by atoms with E-state index >= 15 is 0 Å². The molecule has 0 saturated carbocycles. The molecule has 3 aromatic rings. The van der Waals surface area contributed by atoms with Gasteiger partial charge in [-0.15, -0.1) is 0 Å². The molecule has 4 rings (SSSR count). The largest absolute Gasteiger partial charge is 0.494 e. The number of esters is 1. The van der Waals surface area contributed by atoms with E-state index < -0.39 is 16.9 Å². The number of benzene rings is 2. The van der Waals surface area contributed by atoms with Gasteiger partial charge in [-0.2, -0.15) is 0 Å². The third-order valence-electron chi connectivity index (χ3n) is 6.17. The second-order valence-electron chi connectivity index (χ2n) is 8.95. The van der Waals surface area contributed by atoms with Gasteiger partial charge in [0.1, 0.15) is 12.4 Å². The lowest BCUT2D eigenvalue weighted by Crippen LogP contribution is -2.39. The summed E-state index contributed by atoms with van der Waals surface area (Å²) in [6, 6.07) is 12.6. The molecule has 0 radical (unpaired) electrons. The Bertz CT molecular complexity index is 1600. The second-order valence-corrected chi connectivity index (χ2v) is 9.95. The highest BCUT2D eigenvalue weighted by Crippen LogP contribution is 2.31. The minimum atomic E-state index is -0.778. The van der Waals surface area contributed by atoms with Crippen LogP contribution in [0.1, 0.15) is 50.3 Å². The number of nitro benzene ring substituents is 1. The van der Waals surface area contributed by atoms with Crippen molar-refractivity contribution >= 4 is 29.1 Å². The molecule has 0 fully saturated rings. The van der Waals surface area contributed by atoms with Gasteiger partial charge in [0.25, 0.3) is 11.2 Å². The Hall–Kier alpha value is -4.31. The molecule has 0 spiro atoms. The summed E-state index contributed by atoms with van der Waals surface area (Å²) in [5.74, 6) is 0.110. The number of non-ortho nitro benzene ring substituents is 1. The number of carbonyl (C=O) groups is 1. The molecule has 2 heterocycles. The van der Waals surface area contributed by atoms with Gasteiger partial charge in [0.05, 0.1) is 33.4 Å². The Morgan fingerprint density at radius 3 is 2.69 bits per heavy atom. The predicted molar refractivity (Wildman–Crippen MR) is 149 cm³/mol. The van der Waals surface area contributed by atoms with Gasteiger partial charge in [0.2, 0.25) is 0 Å². The molecule has 0 aliphatic carbocycles. The Morgan fingerprint density at radius 2 is 2.00 bits per heavy atom. The van der Waals surface area contributed by atoms with Crippen LogP contribution in [0.2, 0.25) is 0 Å². The fraction of sp³-hybridized carbons (Fsp3) is 0.276. The van der Waals surface area contributed by atoms with E-state index in [0.29, 0.717) is 38.5 Å². The lowest BCUT2D eigenvalue weighted by molar-refractivity contribution is -0.384. The Morgan fingerprint density at radius 1 is 1.23 bits per heavy atom. The summed E-state index contributed by atoms with van der Waals surface area (Å²) in [5.41, 5.74) is 1.46. The number of hydrogen-bond acceptors (Lipinski definition) is 8. The molecule has 9 nitrogen and oxygen atoms in total. The van der Waals surface area contributed by atoms with Crippen molar-refractivity contribution in [3.05, 3.63) is 113 Å². The Balaban J connectivity index is 1.80. The fourth-order valence-corrected chi connectivity index (χ4v) is 5.32. The summed E-state index contributed by atoms with van der Waals surface area (Å²) >= 11 is 1.15. The van der Waals surface area contributed by atoms with Crippen LogP contribution in [0, 0.1) is 10.1 Å². The number of hydrogen-bond donors (Lipinski definition) is 0. The van der Waals surface area contributed by atoms with Gasteiger partial charge in [-0.1, -0.05) is 68.0 Å². The minimum absolute atomic E-state index is 0.0179. The van der Waals surface area contributed by atoms with Crippen molar-refractivity contribution in [2.45, 2.75) is 39.2 Å². The van der Waals surface area contributed by atoms with Gasteiger partial charge < -0.3 is 9.47 Å². The first-order valence-electron chi connectivity index (χ1n) is 12.6. The van der Waals surface area contributed by atoms with Crippen molar-refractivity contribution in [1.29, 1.82) is 0 Å². The van der Waals surface area contributed by atoms with Gasteiger partial charge in [-0.3, -0.25) is 19.5 Å². The number of unbranched alkanes of at least 4 members (excludes halogenated alkanes) is 2. The molecule has 10 heteroatoms. The molecule has 1 aliphatic rings. The fourth-order valence-electron chi connectivity index (χ4n) is 4.28. The Kier molecular flexibility index (Phi) is 8.88. The van der Waals surface area contributed by atoms with Crippen molar-refractivity contribution in [2.75, 3.05) is 13.2 Å². The lowest BCUT2D eigenvalue weighted by atomic mass is 9.96. The maximum atomic E-state index is 13.7. The molecular formula is C29H29N3O6S. The number of aromatic nitrogens is 1. The molecule has 39 heavy (non-hydrogen) atoms. The van der Waals surface area contributed by atoms with Gasteiger partial charge in [0.15, 0.2) is 4.80 Å². The van der Waals surface area contributed by atoms with Crippen LogP contribution < -0.4 is 19.6 Å². The van der Waals surface area contributed by atoms with E-state index in [9.17, 15) is 19.7 Å². The minimum Gasteiger partial charge on any atom is -0.494 e. The summed E-state index contributed by atoms with van der Waals surface area (Å²) in [6.07, 6.45) is 6.21. The molecular weight excluding hydrogens is 518 g/mol. The SMILES string of the molecule is C=CCOC(=O)C1=C(C)N=c2s/c(=C\c3cccc([N+](=O)[O-])c3)c(=O)n2C1c1ccc(OCCCCC)cc1. The van der Waals surface area contributed by atoms with Crippen molar-refractivity contribution in [1.82, 2.24) is 4.57 Å². The normalized spacial score (nSPS) is 14.9. The summed E-state index contributed by atoms with van der Waals surface area (Å²) < 4.78 is 13.0. The number of thiazole rings is 1. The summed E-state index contributed by atoms with van der Waals surface area (Å²) in [6.45, 7) is 8.07. The first-order chi connectivity index (χ1) is 18.8. The quantitative estimate of drug-likeness (QED) is 0.115. The average Bonchev–Trinajstić information content (AvgIpc) is 3.23. The number of nitro groups is 1. The summed E-state index contributed by atoms with van der Waals surface area (Å²) in [5, 5.41) is 11.2. The first kappa shape index (κ1) is 27.7. The average molecular weight is 548 g/mol. The van der Waals surface area contributed by atoms with Crippen molar-refractivity contribution in [2.24, 2.45) is 4.99 Å². The molecule has 0 bridgehead atoms. The van der Waals surface area contributed by atoms with Crippen LogP contribution in [-0.2, 0) is 9.53 Å². The maximum absolute atomic E-state index is 13.7. The topological polar surface area (TPSA) is 113 Å². The van der Waals surface area contributed by atoms with Crippen LogP contribution in [0.25, 0.3) is 6.08 Å². The molecule has 0 N–H and O–H groups in total. The summed E-state index contributed by atoms with van der Waals surface area (Å²) in [7, 11) is 0. The maximum Gasteiger partial charge on any atom is 0.338 e. The number of fused-ring (bicyclic) bond motifs is 1. The third-order valence-corrected chi connectivity index (χ3v) is 7.15. The Labute approximate surface area is 229 Å². The van der Waals surface area contributed by atoms with E-state index in [4.69, 9.17) is 9.47 Å².